The third-order valence-corrected chi connectivity index (χ3v) is 7.99. The van der Waals surface area contributed by atoms with Gasteiger partial charge in [-0.3, -0.25) is 9.62 Å². The van der Waals surface area contributed by atoms with E-state index < -0.39 is 26.7 Å². The molecule has 1 aliphatic heterocycles. The van der Waals surface area contributed by atoms with E-state index in [1.807, 2.05) is 0 Å². The second-order valence-electron chi connectivity index (χ2n) is 9.44. The summed E-state index contributed by atoms with van der Waals surface area (Å²) in [5.74, 6) is 0.466. The minimum atomic E-state index is -4.67. The lowest BCUT2D eigenvalue weighted by atomic mass is 10.1. The fourth-order valence-corrected chi connectivity index (χ4v) is 5.58. The van der Waals surface area contributed by atoms with Crippen molar-refractivity contribution in [3.63, 3.8) is 0 Å². The Morgan fingerprint density at radius 2 is 1.88 bits per heavy atom. The lowest BCUT2D eigenvalue weighted by molar-refractivity contribution is -0.137. The molecule has 2 aromatic carbocycles. The van der Waals surface area contributed by atoms with Crippen LogP contribution in [0.4, 0.5) is 24.8 Å². The average molecular weight is 576 g/mol. The highest BCUT2D eigenvalue weighted by Crippen LogP contribution is 2.33. The number of alkyl halides is 3. The van der Waals surface area contributed by atoms with Crippen molar-refractivity contribution >= 4 is 32.7 Å². The van der Waals surface area contributed by atoms with E-state index >= 15 is 0 Å². The number of hydrogen-bond donors (Lipinski definition) is 2. The summed E-state index contributed by atoms with van der Waals surface area (Å²) < 4.78 is 74.8. The number of anilines is 2. The number of nitrogens with one attached hydrogen (secondary N) is 2. The van der Waals surface area contributed by atoms with E-state index in [1.165, 1.54) is 0 Å². The summed E-state index contributed by atoms with van der Waals surface area (Å²) in [5, 5.41) is 8.48. The number of halogens is 3. The van der Waals surface area contributed by atoms with Crippen LogP contribution >= 0.6 is 0 Å². The highest BCUT2D eigenvalue weighted by atomic mass is 32.2. The number of sulfonamides is 1. The molecule has 0 spiro atoms. The van der Waals surface area contributed by atoms with Crippen LogP contribution in [0.3, 0.4) is 0 Å². The molecule has 5 rings (SSSR count). The molecule has 0 unspecified atom stereocenters. The van der Waals surface area contributed by atoms with E-state index in [4.69, 9.17) is 4.74 Å². The first kappa shape index (κ1) is 27.8. The van der Waals surface area contributed by atoms with Crippen molar-refractivity contribution in [3.05, 3.63) is 59.8 Å². The summed E-state index contributed by atoms with van der Waals surface area (Å²) >= 11 is 0. The van der Waals surface area contributed by atoms with Crippen molar-refractivity contribution in [2.24, 2.45) is 7.05 Å². The molecular weight excluding hydrogens is 547 g/mol. The predicted molar refractivity (Wildman–Crippen MR) is 144 cm³/mol. The number of hydrogen-bond acceptors (Lipinski definition) is 8. The number of benzene rings is 2. The molecular formula is C26H28F3N7O3S. The number of aryl methyl sites for hydroxylation is 2. The standard InChI is InChI=1S/C26H28F3N7O3S/c1-17-6-7-18(14-22(17)34-40(37,38)20-5-3-4-19(15-20)26(27,28)29)23-21-16-31-25(32-24(21)35(2)33-23)30-8-9-36-10-12-39-13-11-36/h3-7,14-16,34H,8-13H2,1-2H3,(H,30,31,32). The maximum absolute atomic E-state index is 13.1. The summed E-state index contributed by atoms with van der Waals surface area (Å²) in [6, 6.07) is 8.70. The van der Waals surface area contributed by atoms with Crippen LogP contribution in [0, 0.1) is 6.92 Å². The molecule has 1 saturated heterocycles. The Labute approximate surface area is 229 Å². The third-order valence-electron chi connectivity index (χ3n) is 6.62. The molecule has 1 fully saturated rings. The molecule has 0 radical (unpaired) electrons. The normalized spacial score (nSPS) is 14.9. The molecule has 10 nitrogen and oxygen atoms in total. The van der Waals surface area contributed by atoms with Gasteiger partial charge in [-0.05, 0) is 36.8 Å². The number of fused-ring (bicyclic) bond motifs is 1. The largest absolute Gasteiger partial charge is 0.416 e. The molecule has 212 valence electrons. The molecule has 0 aliphatic carbocycles. The molecule has 0 bridgehead atoms. The highest BCUT2D eigenvalue weighted by molar-refractivity contribution is 7.92. The number of nitrogens with zero attached hydrogens (tertiary/aromatic N) is 5. The first-order valence-electron chi connectivity index (χ1n) is 12.6. The van der Waals surface area contributed by atoms with Crippen molar-refractivity contribution in [1.82, 2.24) is 24.6 Å². The lowest BCUT2D eigenvalue weighted by Gasteiger charge is -2.26. The molecule has 1 aliphatic rings. The van der Waals surface area contributed by atoms with Crippen molar-refractivity contribution in [2.45, 2.75) is 18.0 Å². The Bertz CT molecular complexity index is 1630. The molecule has 0 saturated carbocycles. The maximum Gasteiger partial charge on any atom is 0.416 e. The zero-order chi connectivity index (χ0) is 28.5. The molecule has 3 heterocycles. The van der Waals surface area contributed by atoms with Gasteiger partial charge >= 0.3 is 6.18 Å². The first-order chi connectivity index (χ1) is 19.0. The number of ether oxygens (including phenoxy) is 1. The van der Waals surface area contributed by atoms with Crippen LogP contribution in [0.15, 0.2) is 53.6 Å². The molecule has 4 aromatic rings. The summed E-state index contributed by atoms with van der Waals surface area (Å²) in [6.07, 6.45) is -3.00. The van der Waals surface area contributed by atoms with Crippen LogP contribution in [0.25, 0.3) is 22.3 Å². The van der Waals surface area contributed by atoms with Gasteiger partial charge in [0.1, 0.15) is 5.69 Å². The monoisotopic (exact) mass is 575 g/mol. The molecule has 40 heavy (non-hydrogen) atoms. The second-order valence-corrected chi connectivity index (χ2v) is 11.1. The minimum Gasteiger partial charge on any atom is -0.379 e. The van der Waals surface area contributed by atoms with Crippen LogP contribution < -0.4 is 10.0 Å². The smallest absolute Gasteiger partial charge is 0.379 e. The predicted octanol–water partition coefficient (Wildman–Crippen LogP) is 3.90. The van der Waals surface area contributed by atoms with Gasteiger partial charge in [-0.1, -0.05) is 18.2 Å². The van der Waals surface area contributed by atoms with Crippen LogP contribution in [-0.4, -0.2) is 72.5 Å². The summed E-state index contributed by atoms with van der Waals surface area (Å²) in [5.41, 5.74) is 1.48. The maximum atomic E-state index is 13.1. The van der Waals surface area contributed by atoms with Crippen LogP contribution in [0.1, 0.15) is 11.1 Å². The number of morpholine rings is 1. The third kappa shape index (κ3) is 6.03. The zero-order valence-corrected chi connectivity index (χ0v) is 22.7. The van der Waals surface area contributed by atoms with Crippen molar-refractivity contribution in [3.8, 4) is 11.3 Å². The van der Waals surface area contributed by atoms with Gasteiger partial charge in [0.15, 0.2) is 5.65 Å². The number of rotatable bonds is 8. The first-order valence-corrected chi connectivity index (χ1v) is 14.0. The van der Waals surface area contributed by atoms with E-state index in [2.05, 4.69) is 30.0 Å². The lowest BCUT2D eigenvalue weighted by Crippen LogP contribution is -2.39. The van der Waals surface area contributed by atoms with E-state index in [0.717, 1.165) is 51.0 Å². The van der Waals surface area contributed by atoms with Gasteiger partial charge in [0.25, 0.3) is 10.0 Å². The van der Waals surface area contributed by atoms with E-state index in [0.29, 0.717) is 46.4 Å². The van der Waals surface area contributed by atoms with E-state index in [1.54, 1.807) is 43.0 Å². The van der Waals surface area contributed by atoms with Crippen LogP contribution in [-0.2, 0) is 28.0 Å². The van der Waals surface area contributed by atoms with Gasteiger partial charge in [0.2, 0.25) is 5.95 Å². The van der Waals surface area contributed by atoms with Gasteiger partial charge in [-0.2, -0.15) is 23.3 Å². The fraction of sp³-hybridized carbons (Fsp3) is 0.346. The molecule has 2 aromatic heterocycles. The SMILES string of the molecule is Cc1ccc(-c2nn(C)c3nc(NCCN4CCOCC4)ncc23)cc1NS(=O)(=O)c1cccc(C(F)(F)F)c1. The Kier molecular flexibility index (Phi) is 7.66. The fourth-order valence-electron chi connectivity index (χ4n) is 4.41. The summed E-state index contributed by atoms with van der Waals surface area (Å²) in [7, 11) is -2.54. The van der Waals surface area contributed by atoms with Gasteiger partial charge in [-0.25, -0.2) is 18.1 Å². The Morgan fingerprint density at radius 3 is 2.62 bits per heavy atom. The quantitative estimate of drug-likeness (QED) is 0.325. The minimum absolute atomic E-state index is 0.219. The summed E-state index contributed by atoms with van der Waals surface area (Å²) in [6.45, 7) is 6.44. The van der Waals surface area contributed by atoms with Crippen molar-refractivity contribution in [2.75, 3.05) is 49.4 Å². The van der Waals surface area contributed by atoms with E-state index in [-0.39, 0.29) is 5.69 Å². The Morgan fingerprint density at radius 1 is 1.10 bits per heavy atom. The van der Waals surface area contributed by atoms with Crippen LogP contribution in [0.2, 0.25) is 0 Å². The highest BCUT2D eigenvalue weighted by Gasteiger charge is 2.31. The topological polar surface area (TPSA) is 114 Å². The number of aromatic nitrogens is 4. The zero-order valence-electron chi connectivity index (χ0n) is 21.9. The van der Waals surface area contributed by atoms with Gasteiger partial charge in [0, 0.05) is 45.0 Å². The Balaban J connectivity index is 1.38. The Hall–Kier alpha value is -3.75. The summed E-state index contributed by atoms with van der Waals surface area (Å²) in [4.78, 5) is 10.8. The molecule has 2 N–H and O–H groups in total. The van der Waals surface area contributed by atoms with Crippen molar-refractivity contribution < 1.29 is 26.3 Å². The van der Waals surface area contributed by atoms with Crippen LogP contribution in [0.5, 0.6) is 0 Å². The van der Waals surface area contributed by atoms with Gasteiger partial charge < -0.3 is 10.1 Å². The van der Waals surface area contributed by atoms with Crippen molar-refractivity contribution in [1.29, 1.82) is 0 Å². The molecule has 0 atom stereocenters. The average Bonchev–Trinajstić information content (AvgIpc) is 3.26. The molecule has 0 amide bonds. The van der Waals surface area contributed by atoms with Gasteiger partial charge in [0.05, 0.1) is 34.7 Å². The second kappa shape index (κ2) is 11.0. The van der Waals surface area contributed by atoms with E-state index in [9.17, 15) is 21.6 Å². The molecule has 14 heteroatoms. The van der Waals surface area contributed by atoms with Gasteiger partial charge in [-0.15, -0.1) is 0 Å².